The van der Waals surface area contributed by atoms with Crippen molar-refractivity contribution in [3.05, 3.63) is 0 Å². The van der Waals surface area contributed by atoms with Crippen molar-refractivity contribution in [2.45, 2.75) is 38.3 Å². The molecular weight excluding hydrogens is 148 g/mol. The summed E-state index contributed by atoms with van der Waals surface area (Å²) in [6.45, 7) is 7.17. The van der Waals surface area contributed by atoms with Gasteiger partial charge >= 0.3 is 0 Å². The second-order valence-electron chi connectivity index (χ2n) is 4.77. The lowest BCUT2D eigenvalue weighted by Gasteiger charge is -2.54. The zero-order chi connectivity index (χ0) is 8.77. The van der Waals surface area contributed by atoms with Gasteiger partial charge in [0, 0.05) is 24.7 Å². The van der Waals surface area contributed by atoms with Crippen molar-refractivity contribution in [1.82, 2.24) is 10.2 Å². The normalized spacial score (nSPS) is 48.2. The van der Waals surface area contributed by atoms with Gasteiger partial charge in [-0.05, 0) is 32.7 Å². The van der Waals surface area contributed by atoms with Gasteiger partial charge in [0.2, 0.25) is 0 Å². The van der Waals surface area contributed by atoms with Crippen molar-refractivity contribution in [3.63, 3.8) is 0 Å². The fraction of sp³-hybridized carbons (Fsp3) is 1.00. The molecule has 2 saturated heterocycles. The van der Waals surface area contributed by atoms with Gasteiger partial charge in [0.15, 0.2) is 0 Å². The summed E-state index contributed by atoms with van der Waals surface area (Å²) in [5, 5.41) is 3.67. The second-order valence-corrected chi connectivity index (χ2v) is 4.77. The highest BCUT2D eigenvalue weighted by atomic mass is 15.2. The van der Waals surface area contributed by atoms with Crippen LogP contribution in [-0.4, -0.2) is 36.6 Å². The smallest absolute Gasteiger partial charge is 0.0259 e. The van der Waals surface area contributed by atoms with Gasteiger partial charge in [-0.2, -0.15) is 0 Å². The first kappa shape index (κ1) is 8.52. The number of likely N-dealkylation sites (tertiary alicyclic amines) is 1. The molecule has 3 atom stereocenters. The zero-order valence-electron chi connectivity index (χ0n) is 8.43. The minimum absolute atomic E-state index is 0.433. The lowest BCUT2D eigenvalue weighted by molar-refractivity contribution is -0.0160. The van der Waals surface area contributed by atoms with Crippen LogP contribution in [0.1, 0.15) is 26.7 Å². The maximum Gasteiger partial charge on any atom is 0.0259 e. The first-order valence-electron chi connectivity index (χ1n) is 5.10. The predicted molar refractivity (Wildman–Crippen MR) is 51.2 cm³/mol. The molecular formula is C10H20N2. The monoisotopic (exact) mass is 168 g/mol. The summed E-state index contributed by atoms with van der Waals surface area (Å²) in [5.74, 6) is 0.973. The molecule has 70 valence electrons. The van der Waals surface area contributed by atoms with E-state index >= 15 is 0 Å². The molecule has 0 aliphatic carbocycles. The van der Waals surface area contributed by atoms with E-state index < -0.39 is 0 Å². The topological polar surface area (TPSA) is 15.3 Å². The molecule has 12 heavy (non-hydrogen) atoms. The molecule has 2 rings (SSSR count). The summed E-state index contributed by atoms with van der Waals surface area (Å²) in [7, 11) is 2.23. The first-order valence-corrected chi connectivity index (χ1v) is 5.10. The van der Waals surface area contributed by atoms with E-state index in [1.165, 1.54) is 25.9 Å². The van der Waals surface area contributed by atoms with Gasteiger partial charge in [-0.1, -0.05) is 6.92 Å². The van der Waals surface area contributed by atoms with Crippen LogP contribution in [0.2, 0.25) is 0 Å². The number of nitrogens with zero attached hydrogens (tertiary/aromatic N) is 1. The van der Waals surface area contributed by atoms with Gasteiger partial charge in [-0.25, -0.2) is 0 Å². The maximum atomic E-state index is 3.67. The van der Waals surface area contributed by atoms with E-state index in [-0.39, 0.29) is 0 Å². The van der Waals surface area contributed by atoms with Crippen molar-refractivity contribution in [1.29, 1.82) is 0 Å². The number of likely N-dealkylation sites (N-methyl/N-ethyl adjacent to an activating group) is 1. The number of piperidine rings is 1. The van der Waals surface area contributed by atoms with Crippen molar-refractivity contribution >= 4 is 0 Å². The number of hydrogen-bond acceptors (Lipinski definition) is 2. The SMILES string of the molecule is CCC1(C)CC2CN(C)C2CN1. The van der Waals surface area contributed by atoms with E-state index in [1.807, 2.05) is 0 Å². The number of rotatable bonds is 1. The van der Waals surface area contributed by atoms with Crippen molar-refractivity contribution < 1.29 is 0 Å². The van der Waals surface area contributed by atoms with E-state index in [0.717, 1.165) is 12.0 Å². The summed E-state index contributed by atoms with van der Waals surface area (Å²) in [6, 6.07) is 0.838. The molecule has 0 bridgehead atoms. The molecule has 0 aromatic carbocycles. The summed E-state index contributed by atoms with van der Waals surface area (Å²) < 4.78 is 0. The van der Waals surface area contributed by atoms with E-state index in [2.05, 4.69) is 31.1 Å². The van der Waals surface area contributed by atoms with Crippen LogP contribution < -0.4 is 5.32 Å². The Bertz CT molecular complexity index is 181. The van der Waals surface area contributed by atoms with E-state index in [9.17, 15) is 0 Å². The Balaban J connectivity index is 1.96. The quantitative estimate of drug-likeness (QED) is 0.630. The molecule has 2 aliphatic heterocycles. The molecule has 2 heterocycles. The molecule has 2 aliphatic rings. The van der Waals surface area contributed by atoms with Gasteiger partial charge in [0.05, 0.1) is 0 Å². The minimum Gasteiger partial charge on any atom is -0.310 e. The maximum absolute atomic E-state index is 3.67. The highest BCUT2D eigenvalue weighted by molar-refractivity contribution is 5.02. The van der Waals surface area contributed by atoms with E-state index in [1.54, 1.807) is 0 Å². The van der Waals surface area contributed by atoms with Crippen LogP contribution in [0.4, 0.5) is 0 Å². The van der Waals surface area contributed by atoms with Gasteiger partial charge in [0.1, 0.15) is 0 Å². The molecule has 3 unspecified atom stereocenters. The second kappa shape index (κ2) is 2.71. The number of hydrogen-bond donors (Lipinski definition) is 1. The minimum atomic E-state index is 0.433. The van der Waals surface area contributed by atoms with Crippen LogP contribution in [0.15, 0.2) is 0 Å². The Hall–Kier alpha value is -0.0800. The number of fused-ring (bicyclic) bond motifs is 1. The highest BCUT2D eigenvalue weighted by Gasteiger charge is 2.44. The summed E-state index contributed by atoms with van der Waals surface area (Å²) in [5.41, 5.74) is 0.433. The third kappa shape index (κ3) is 1.17. The molecule has 2 fully saturated rings. The van der Waals surface area contributed by atoms with Crippen LogP contribution >= 0.6 is 0 Å². The van der Waals surface area contributed by atoms with Gasteiger partial charge < -0.3 is 10.2 Å². The lowest BCUT2D eigenvalue weighted by Crippen LogP contribution is -2.67. The van der Waals surface area contributed by atoms with Crippen molar-refractivity contribution in [2.24, 2.45) is 5.92 Å². The van der Waals surface area contributed by atoms with Gasteiger partial charge in [-0.3, -0.25) is 0 Å². The number of nitrogens with one attached hydrogen (secondary N) is 1. The Labute approximate surface area is 75.3 Å². The molecule has 0 saturated carbocycles. The van der Waals surface area contributed by atoms with Crippen molar-refractivity contribution in [2.75, 3.05) is 20.1 Å². The molecule has 2 nitrogen and oxygen atoms in total. The van der Waals surface area contributed by atoms with Crippen LogP contribution in [-0.2, 0) is 0 Å². The molecule has 0 spiro atoms. The van der Waals surface area contributed by atoms with Crippen molar-refractivity contribution in [3.8, 4) is 0 Å². The van der Waals surface area contributed by atoms with E-state index in [4.69, 9.17) is 0 Å². The van der Waals surface area contributed by atoms with Gasteiger partial charge in [0.25, 0.3) is 0 Å². The summed E-state index contributed by atoms with van der Waals surface area (Å²) in [6.07, 6.45) is 2.64. The lowest BCUT2D eigenvalue weighted by atomic mass is 9.74. The standard InChI is InChI=1S/C10H20N2/c1-4-10(2)5-8-7-12(3)9(8)6-11-10/h8-9,11H,4-7H2,1-3H3. The fourth-order valence-corrected chi connectivity index (χ4v) is 2.64. The average molecular weight is 168 g/mol. The fourth-order valence-electron chi connectivity index (χ4n) is 2.64. The van der Waals surface area contributed by atoms with Crippen LogP contribution in [0.25, 0.3) is 0 Å². The predicted octanol–water partition coefficient (Wildman–Crippen LogP) is 1.08. The third-order valence-electron chi connectivity index (χ3n) is 3.86. The first-order chi connectivity index (χ1) is 5.64. The molecule has 0 aromatic rings. The Morgan fingerprint density at radius 3 is 2.83 bits per heavy atom. The Kier molecular flexibility index (Phi) is 1.92. The molecule has 1 N–H and O–H groups in total. The Morgan fingerprint density at radius 2 is 2.33 bits per heavy atom. The third-order valence-corrected chi connectivity index (χ3v) is 3.86. The largest absolute Gasteiger partial charge is 0.310 e. The highest BCUT2D eigenvalue weighted by Crippen LogP contribution is 2.35. The zero-order valence-corrected chi connectivity index (χ0v) is 8.43. The summed E-state index contributed by atoms with van der Waals surface area (Å²) in [4.78, 5) is 2.47. The molecule has 0 aromatic heterocycles. The van der Waals surface area contributed by atoms with E-state index in [0.29, 0.717) is 5.54 Å². The van der Waals surface area contributed by atoms with Crippen LogP contribution in [0.5, 0.6) is 0 Å². The molecule has 0 radical (unpaired) electrons. The van der Waals surface area contributed by atoms with Crippen LogP contribution in [0, 0.1) is 5.92 Å². The molecule has 2 heteroatoms. The summed E-state index contributed by atoms with van der Waals surface area (Å²) >= 11 is 0. The van der Waals surface area contributed by atoms with Crippen LogP contribution in [0.3, 0.4) is 0 Å². The average Bonchev–Trinajstić information content (AvgIpc) is 2.03. The molecule has 0 amide bonds. The Morgan fingerprint density at radius 1 is 1.58 bits per heavy atom. The van der Waals surface area contributed by atoms with Gasteiger partial charge in [-0.15, -0.1) is 0 Å².